The summed E-state index contributed by atoms with van der Waals surface area (Å²) >= 11 is 12.9. The molecule has 1 aliphatic rings. The van der Waals surface area contributed by atoms with E-state index in [2.05, 4.69) is 17.1 Å². The zero-order chi connectivity index (χ0) is 25.6. The smallest absolute Gasteiger partial charge is 0.341 e. The lowest BCUT2D eigenvalue weighted by Crippen LogP contribution is -2.34. The maximum Gasteiger partial charge on any atom is 0.341 e. The fourth-order valence-electron chi connectivity index (χ4n) is 3.88. The summed E-state index contributed by atoms with van der Waals surface area (Å²) in [4.78, 5) is 29.1. The number of nitrogens with zero attached hydrogens (tertiary/aromatic N) is 2. The summed E-state index contributed by atoms with van der Waals surface area (Å²) in [7, 11) is -3.79. The topological polar surface area (TPSA) is 96.0 Å². The summed E-state index contributed by atoms with van der Waals surface area (Å²) in [5.41, 5.74) is 1.60. The minimum atomic E-state index is -3.79. The Morgan fingerprint density at radius 2 is 1.80 bits per heavy atom. The van der Waals surface area contributed by atoms with Crippen molar-refractivity contribution in [3.63, 3.8) is 0 Å². The van der Waals surface area contributed by atoms with Crippen LogP contribution in [-0.4, -0.2) is 74.0 Å². The van der Waals surface area contributed by atoms with Gasteiger partial charge in [-0.2, -0.15) is 4.31 Å². The number of carbonyl (C=O) groups excluding carboxylic acids is 2. The van der Waals surface area contributed by atoms with Gasteiger partial charge in [0.15, 0.2) is 0 Å². The molecule has 12 heteroatoms. The second-order valence-electron chi connectivity index (χ2n) is 7.81. The number of sulfonamides is 1. The molecule has 0 spiro atoms. The Hall–Kier alpha value is -1.69. The molecule has 1 aromatic heterocycles. The molecular weight excluding hydrogens is 533 g/mol. The number of benzene rings is 1. The Balaban J connectivity index is 1.85. The molecule has 8 nitrogen and oxygen atoms in total. The van der Waals surface area contributed by atoms with Gasteiger partial charge >= 0.3 is 5.97 Å². The number of alkyl halides is 2. The third kappa shape index (κ3) is 6.36. The summed E-state index contributed by atoms with van der Waals surface area (Å²) in [6.07, 6.45) is 0.706. The standard InChI is InChI=1S/C23H29Cl2N3O5S2/c1-3-27-12-9-18-19(15-27)34-22(20(18)23(30)33-4-2)26-21(29)16-5-7-17(8-6-16)35(31,32)28(13-10-24)14-11-25/h5-8H,3-4,9-15H2,1-2H3,(H,26,29). The van der Waals surface area contributed by atoms with Gasteiger partial charge in [0.25, 0.3) is 5.91 Å². The second-order valence-corrected chi connectivity index (χ2v) is 11.6. The van der Waals surface area contributed by atoms with Gasteiger partial charge in [-0.15, -0.1) is 34.5 Å². The highest BCUT2D eigenvalue weighted by atomic mass is 35.5. The van der Waals surface area contributed by atoms with Gasteiger partial charge in [-0.1, -0.05) is 6.92 Å². The minimum absolute atomic E-state index is 0.0442. The first-order chi connectivity index (χ1) is 16.8. The highest BCUT2D eigenvalue weighted by molar-refractivity contribution is 7.89. The van der Waals surface area contributed by atoms with Gasteiger partial charge in [0, 0.05) is 48.4 Å². The van der Waals surface area contributed by atoms with Crippen molar-refractivity contribution in [2.75, 3.05) is 49.9 Å². The lowest BCUT2D eigenvalue weighted by molar-refractivity contribution is 0.0526. The SMILES string of the molecule is CCOC(=O)c1c(NC(=O)c2ccc(S(=O)(=O)N(CCCl)CCCl)cc2)sc2c1CCN(CC)C2. The van der Waals surface area contributed by atoms with E-state index >= 15 is 0 Å². The number of hydrogen-bond acceptors (Lipinski definition) is 7. The number of nitrogens with one attached hydrogen (secondary N) is 1. The quantitative estimate of drug-likeness (QED) is 0.328. The van der Waals surface area contributed by atoms with Crippen LogP contribution in [0.25, 0.3) is 0 Å². The number of carbonyl (C=O) groups is 2. The van der Waals surface area contributed by atoms with Crippen molar-refractivity contribution in [2.24, 2.45) is 0 Å². The van der Waals surface area contributed by atoms with Crippen LogP contribution in [-0.2, 0) is 27.7 Å². The van der Waals surface area contributed by atoms with Crippen LogP contribution in [0.5, 0.6) is 0 Å². The van der Waals surface area contributed by atoms with Crippen LogP contribution in [0.15, 0.2) is 29.2 Å². The Morgan fingerprint density at radius 1 is 1.14 bits per heavy atom. The first-order valence-electron chi connectivity index (χ1n) is 11.3. The molecule has 35 heavy (non-hydrogen) atoms. The number of anilines is 1. The maximum atomic E-state index is 13.0. The van der Waals surface area contributed by atoms with E-state index in [0.717, 1.165) is 23.5 Å². The fraction of sp³-hybridized carbons (Fsp3) is 0.478. The van der Waals surface area contributed by atoms with Crippen LogP contribution in [0.1, 0.15) is 45.0 Å². The molecule has 2 heterocycles. The number of fused-ring (bicyclic) bond motifs is 1. The van der Waals surface area contributed by atoms with Crippen LogP contribution >= 0.6 is 34.5 Å². The molecule has 0 unspecified atom stereocenters. The number of likely N-dealkylation sites (N-methyl/N-ethyl adjacent to an activating group) is 1. The average molecular weight is 563 g/mol. The van der Waals surface area contributed by atoms with Crippen molar-refractivity contribution < 1.29 is 22.7 Å². The molecule has 1 aromatic carbocycles. The minimum Gasteiger partial charge on any atom is -0.462 e. The lowest BCUT2D eigenvalue weighted by atomic mass is 10.0. The maximum absolute atomic E-state index is 13.0. The van der Waals surface area contributed by atoms with E-state index in [1.165, 1.54) is 39.9 Å². The molecular formula is C23H29Cl2N3O5S2. The van der Waals surface area contributed by atoms with Gasteiger partial charge in [0.2, 0.25) is 10.0 Å². The van der Waals surface area contributed by atoms with E-state index in [9.17, 15) is 18.0 Å². The number of rotatable bonds is 11. The highest BCUT2D eigenvalue weighted by Gasteiger charge is 2.29. The normalized spacial score (nSPS) is 14.1. The molecule has 0 saturated carbocycles. The average Bonchev–Trinajstić information content (AvgIpc) is 3.20. The van der Waals surface area contributed by atoms with Crippen molar-refractivity contribution in [1.29, 1.82) is 0 Å². The van der Waals surface area contributed by atoms with Crippen LogP contribution in [0, 0.1) is 0 Å². The predicted octanol–water partition coefficient (Wildman–Crippen LogP) is 4.02. The molecule has 1 N–H and O–H groups in total. The molecule has 0 atom stereocenters. The fourth-order valence-corrected chi connectivity index (χ4v) is 7.20. The van der Waals surface area contributed by atoms with Crippen molar-refractivity contribution in [3.8, 4) is 0 Å². The third-order valence-electron chi connectivity index (χ3n) is 5.71. The van der Waals surface area contributed by atoms with Crippen molar-refractivity contribution in [3.05, 3.63) is 45.8 Å². The van der Waals surface area contributed by atoms with E-state index < -0.39 is 21.9 Å². The van der Waals surface area contributed by atoms with Crippen LogP contribution in [0.4, 0.5) is 5.00 Å². The zero-order valence-electron chi connectivity index (χ0n) is 19.7. The van der Waals surface area contributed by atoms with Crippen LogP contribution in [0.2, 0.25) is 0 Å². The molecule has 3 rings (SSSR count). The molecule has 1 amide bonds. The molecule has 0 saturated heterocycles. The number of esters is 1. The Labute approximate surface area is 220 Å². The molecule has 0 fully saturated rings. The number of hydrogen-bond donors (Lipinski definition) is 1. The molecule has 0 aliphatic carbocycles. The zero-order valence-corrected chi connectivity index (χ0v) is 22.8. The van der Waals surface area contributed by atoms with Crippen molar-refractivity contribution in [2.45, 2.75) is 31.7 Å². The van der Waals surface area contributed by atoms with E-state index in [1.807, 2.05) is 0 Å². The summed E-state index contributed by atoms with van der Waals surface area (Å²) in [6.45, 7) is 6.77. The van der Waals surface area contributed by atoms with E-state index in [-0.39, 0.29) is 41.9 Å². The summed E-state index contributed by atoms with van der Waals surface area (Å²) in [6, 6.07) is 5.64. The van der Waals surface area contributed by atoms with E-state index in [4.69, 9.17) is 27.9 Å². The van der Waals surface area contributed by atoms with Gasteiger partial charge in [0.05, 0.1) is 17.1 Å². The summed E-state index contributed by atoms with van der Waals surface area (Å²) < 4.78 is 32.2. The second kappa shape index (κ2) is 12.5. The monoisotopic (exact) mass is 561 g/mol. The van der Waals surface area contributed by atoms with Gasteiger partial charge in [-0.25, -0.2) is 13.2 Å². The van der Waals surface area contributed by atoms with Gasteiger partial charge in [-0.3, -0.25) is 9.69 Å². The summed E-state index contributed by atoms with van der Waals surface area (Å²) in [5, 5.41) is 3.29. The Kier molecular flexibility index (Phi) is 9.97. The molecule has 1 aliphatic heterocycles. The number of amides is 1. The predicted molar refractivity (Wildman–Crippen MR) is 140 cm³/mol. The Morgan fingerprint density at radius 3 is 2.37 bits per heavy atom. The third-order valence-corrected chi connectivity index (χ3v) is 9.10. The molecule has 0 bridgehead atoms. The van der Waals surface area contributed by atoms with E-state index in [1.54, 1.807) is 6.92 Å². The number of ether oxygens (including phenoxy) is 1. The van der Waals surface area contributed by atoms with Gasteiger partial charge < -0.3 is 10.1 Å². The molecule has 2 aromatic rings. The first kappa shape index (κ1) is 27.9. The van der Waals surface area contributed by atoms with E-state index in [0.29, 0.717) is 23.5 Å². The first-order valence-corrected chi connectivity index (χ1v) is 14.7. The van der Waals surface area contributed by atoms with Crippen LogP contribution in [0.3, 0.4) is 0 Å². The Bertz CT molecular complexity index is 1150. The van der Waals surface area contributed by atoms with Crippen molar-refractivity contribution >= 4 is 61.4 Å². The van der Waals surface area contributed by atoms with Crippen LogP contribution < -0.4 is 5.32 Å². The van der Waals surface area contributed by atoms with Crippen molar-refractivity contribution in [1.82, 2.24) is 9.21 Å². The largest absolute Gasteiger partial charge is 0.462 e. The molecule has 0 radical (unpaired) electrons. The lowest BCUT2D eigenvalue weighted by Gasteiger charge is -2.25. The number of halogens is 2. The van der Waals surface area contributed by atoms with Gasteiger partial charge in [-0.05, 0) is 49.7 Å². The summed E-state index contributed by atoms with van der Waals surface area (Å²) in [5.74, 6) is -0.616. The highest BCUT2D eigenvalue weighted by Crippen LogP contribution is 2.38. The number of thiophene rings is 1. The molecule has 192 valence electrons. The van der Waals surface area contributed by atoms with Gasteiger partial charge in [0.1, 0.15) is 5.00 Å².